The zero-order valence-corrected chi connectivity index (χ0v) is 58.6. The van der Waals surface area contributed by atoms with E-state index in [-0.39, 0.29) is 99.6 Å². The Morgan fingerprint density at radius 3 is 1.98 bits per heavy atom. The van der Waals surface area contributed by atoms with E-state index in [1.165, 1.54) is 73.9 Å². The van der Waals surface area contributed by atoms with Gasteiger partial charge in [0.1, 0.15) is 60.4 Å². The molecule has 3 aromatic rings. The minimum atomic E-state index is -2.53. The van der Waals surface area contributed by atoms with Crippen molar-refractivity contribution in [2.24, 2.45) is 28.4 Å². The van der Waals surface area contributed by atoms with Crippen LogP contribution in [0.15, 0.2) is 96.1 Å². The molecule has 0 aromatic heterocycles. The van der Waals surface area contributed by atoms with E-state index >= 15 is 9.59 Å². The summed E-state index contributed by atoms with van der Waals surface area (Å²) in [5.41, 5.74) is -3.34. The van der Waals surface area contributed by atoms with Gasteiger partial charge >= 0.3 is 48.2 Å². The first-order valence-corrected chi connectivity index (χ1v) is 33.7. The summed E-state index contributed by atoms with van der Waals surface area (Å²) in [4.78, 5) is 165. The number of hydrogen-bond acceptors (Lipinski definition) is 22. The number of primary amides is 1. The standard InChI is InChI=1S/C71H92N8O23/c1-38(2)52(76-49(82)27-28-50(83)84)60(88)75-45(22-17-29-73-63(72)91)59(87)74-44-25-23-41(24-26-44)36-96-65(93)78-30-32-79(33-31-78)66(94)99-55(53(42-18-13-11-14-19-42)77-64(92)102-67(5,6)7)62(90)98-46-35-71(95)58(100-61(89)43-20-15-12-16-21-43)56-69(10,57(86)54(85)51(39(46)3)68(71,8)9)47(81)34-48-70(56,37-97-48)101-40(4)80/h11-16,18-21,23-26,38,45-48,52-56,58,81,85,95H,17,22,27-37H2,1-10H3,(H,74,87)(H,75,88)(H,76,82)(H,77,92)(H,83,84)(H3,72,73,91)/t45-,46-,47-,48+,52-,53-,54+,55+,56-,58-,69+,70-,71+/m0/s1. The van der Waals surface area contributed by atoms with Crippen LogP contribution in [0.1, 0.15) is 135 Å². The first kappa shape index (κ1) is 78.0. The Labute approximate surface area is 589 Å². The summed E-state index contributed by atoms with van der Waals surface area (Å²) in [5, 5.41) is 60.7. The lowest BCUT2D eigenvalue weighted by atomic mass is 9.44. The molecule has 554 valence electrons. The maximum absolute atomic E-state index is 15.5. The molecule has 102 heavy (non-hydrogen) atoms. The second kappa shape index (κ2) is 32.1. The monoisotopic (exact) mass is 1420 g/mol. The molecule has 0 radical (unpaired) electrons. The Morgan fingerprint density at radius 2 is 1.41 bits per heavy atom. The topological polar surface area (TPSA) is 443 Å². The molecule has 0 spiro atoms. The van der Waals surface area contributed by atoms with Crippen molar-refractivity contribution in [2.75, 3.05) is 44.6 Å². The molecule has 0 unspecified atom stereocenters. The molecule has 2 saturated carbocycles. The maximum Gasteiger partial charge on any atom is 0.410 e. The molecule has 13 atom stereocenters. The average Bonchev–Trinajstić information content (AvgIpc) is 0.670. The summed E-state index contributed by atoms with van der Waals surface area (Å²) >= 11 is 0. The van der Waals surface area contributed by atoms with Gasteiger partial charge in [-0.05, 0) is 99.9 Å². The number of alkyl carbamates (subject to hydrolysis) is 1. The molecule has 2 heterocycles. The number of aliphatic hydroxyl groups excluding tert-OH is 2. The Kier molecular flexibility index (Phi) is 24.5. The van der Waals surface area contributed by atoms with Gasteiger partial charge in [-0.2, -0.15) is 0 Å². The van der Waals surface area contributed by atoms with Gasteiger partial charge in [-0.3, -0.25) is 28.8 Å². The number of Topliss-reactive ketones (excluding diaryl/α,β-unsaturated/α-hetero) is 1. The number of fused-ring (bicyclic) bond motifs is 5. The van der Waals surface area contributed by atoms with Gasteiger partial charge in [0.2, 0.25) is 23.8 Å². The van der Waals surface area contributed by atoms with Gasteiger partial charge in [0.25, 0.3) is 0 Å². The molecular formula is C71H92N8O23. The van der Waals surface area contributed by atoms with Gasteiger partial charge in [-0.15, -0.1) is 0 Å². The zero-order valence-electron chi connectivity index (χ0n) is 58.6. The van der Waals surface area contributed by atoms with Gasteiger partial charge in [-0.25, -0.2) is 28.8 Å². The number of benzene rings is 3. The minimum absolute atomic E-state index is 0.00694. The molecule has 5 aliphatic rings. The van der Waals surface area contributed by atoms with E-state index in [9.17, 15) is 63.3 Å². The predicted octanol–water partition coefficient (Wildman–Crippen LogP) is 4.24. The third kappa shape index (κ3) is 17.4. The van der Waals surface area contributed by atoms with Gasteiger partial charge in [0.05, 0.1) is 36.0 Å². The summed E-state index contributed by atoms with van der Waals surface area (Å²) < 4.78 is 42.3. The Hall–Kier alpha value is -9.72. The molecule has 3 aromatic carbocycles. The third-order valence-corrected chi connectivity index (χ3v) is 19.6. The lowest BCUT2D eigenvalue weighted by molar-refractivity contribution is -0.346. The largest absolute Gasteiger partial charge is 0.481 e. The average molecular weight is 1430 g/mol. The van der Waals surface area contributed by atoms with Crippen LogP contribution in [0, 0.1) is 22.7 Å². The van der Waals surface area contributed by atoms with Gasteiger partial charge in [0.15, 0.2) is 11.4 Å². The number of esters is 3. The number of hydrogen-bond donors (Lipinski definition) is 10. The van der Waals surface area contributed by atoms with Crippen molar-refractivity contribution < 1.29 is 111 Å². The number of rotatable bonds is 24. The highest BCUT2D eigenvalue weighted by molar-refractivity contribution is 5.99. The number of aliphatic carboxylic acids is 1. The molecule has 31 nitrogen and oxygen atoms in total. The maximum atomic E-state index is 15.5. The molecule has 4 fully saturated rings. The highest BCUT2D eigenvalue weighted by Crippen LogP contribution is 2.64. The number of nitrogens with two attached hydrogens (primary N) is 1. The molecule has 2 saturated heterocycles. The first-order chi connectivity index (χ1) is 47.9. The molecule has 3 aliphatic carbocycles. The fourth-order valence-corrected chi connectivity index (χ4v) is 14.1. The van der Waals surface area contributed by atoms with E-state index in [0.29, 0.717) is 5.56 Å². The smallest absolute Gasteiger partial charge is 0.410 e. The van der Waals surface area contributed by atoms with Crippen LogP contribution in [0.25, 0.3) is 0 Å². The molecule has 2 aliphatic heterocycles. The number of ketones is 1. The third-order valence-electron chi connectivity index (χ3n) is 19.6. The quantitative estimate of drug-likeness (QED) is 0.0259. The first-order valence-electron chi connectivity index (χ1n) is 33.7. The zero-order chi connectivity index (χ0) is 75.0. The van der Waals surface area contributed by atoms with Crippen molar-refractivity contribution in [1.29, 1.82) is 0 Å². The number of piperazine rings is 1. The molecule has 8 amide bonds. The lowest BCUT2D eigenvalue weighted by Crippen LogP contribution is -2.81. The second-order valence-corrected chi connectivity index (χ2v) is 28.3. The fourth-order valence-electron chi connectivity index (χ4n) is 14.1. The number of carboxylic acid groups (broad SMARTS) is 1. The number of carbonyl (C=O) groups is 12. The van der Waals surface area contributed by atoms with Crippen LogP contribution in [0.3, 0.4) is 0 Å². The van der Waals surface area contributed by atoms with E-state index in [1.54, 1.807) is 83.1 Å². The summed E-state index contributed by atoms with van der Waals surface area (Å²) in [5.74, 6) is -9.52. The number of nitrogens with zero attached hydrogens (tertiary/aromatic N) is 2. The number of anilines is 1. The molecule has 31 heteroatoms. The SMILES string of the molecule is CC(=O)O[C@@]12CO[C@@H]1C[C@H](O)[C@@]1(C)C(=O)[C@H](O)C3=C(C)[C@@H](OC(=O)[C@H](OC(=O)N4CCN(C(=O)OCc5ccc(NC(=O)[C@H](CCCNC(N)=O)NC(=O)[C@@H](NC(=O)CCC(=O)O)C(C)C)cc5)CC4)[C@@H](NC(=O)OC(C)(C)C)c4ccccc4)C[C@@](O)([C@@H](OC(=O)c4ccccc4)[C@H]21)C3(C)C. The van der Waals surface area contributed by atoms with E-state index in [1.807, 2.05) is 0 Å². The number of aliphatic hydroxyl groups is 3. The molecule has 8 rings (SSSR count). The van der Waals surface area contributed by atoms with Crippen molar-refractivity contribution in [1.82, 2.24) is 31.1 Å². The van der Waals surface area contributed by atoms with Crippen LogP contribution in [-0.2, 0) is 73.3 Å². The Balaban J connectivity index is 1.01. The van der Waals surface area contributed by atoms with E-state index in [2.05, 4.69) is 26.6 Å². The van der Waals surface area contributed by atoms with Crippen molar-refractivity contribution in [3.8, 4) is 0 Å². The normalized spacial score (nSPS) is 25.4. The molecular weight excluding hydrogens is 1330 g/mol. The number of carboxylic acids is 1. The van der Waals surface area contributed by atoms with Crippen molar-refractivity contribution >= 4 is 77.4 Å². The van der Waals surface area contributed by atoms with E-state index in [4.69, 9.17) is 44.0 Å². The lowest BCUT2D eigenvalue weighted by Gasteiger charge is -2.67. The second-order valence-electron chi connectivity index (χ2n) is 28.3. The number of amides is 8. The van der Waals surface area contributed by atoms with Gasteiger partial charge in [-0.1, -0.05) is 88.4 Å². The van der Waals surface area contributed by atoms with Crippen LogP contribution in [0.5, 0.6) is 0 Å². The highest BCUT2D eigenvalue weighted by atomic mass is 16.6. The van der Waals surface area contributed by atoms with Crippen molar-refractivity contribution in [3.63, 3.8) is 0 Å². The van der Waals surface area contributed by atoms with Crippen molar-refractivity contribution in [2.45, 2.75) is 186 Å². The van der Waals surface area contributed by atoms with E-state index < -0.39 is 179 Å². The molecule has 2 bridgehead atoms. The minimum Gasteiger partial charge on any atom is -0.481 e. The highest BCUT2D eigenvalue weighted by Gasteiger charge is 2.78. The van der Waals surface area contributed by atoms with Crippen molar-refractivity contribution in [3.05, 3.63) is 113 Å². The summed E-state index contributed by atoms with van der Waals surface area (Å²) in [7, 11) is 0. The van der Waals surface area contributed by atoms with E-state index in [0.717, 1.165) is 6.92 Å². The van der Waals surface area contributed by atoms with Crippen LogP contribution < -0.4 is 32.3 Å². The van der Waals surface area contributed by atoms with Crippen LogP contribution in [0.4, 0.5) is 24.9 Å². The van der Waals surface area contributed by atoms with Gasteiger partial charge in [0, 0.05) is 70.0 Å². The van der Waals surface area contributed by atoms with Gasteiger partial charge < -0.3 is 95.7 Å². The summed E-state index contributed by atoms with van der Waals surface area (Å²) in [6, 6.07) is 17.1. The van der Waals surface area contributed by atoms with Crippen LogP contribution in [0.2, 0.25) is 0 Å². The summed E-state index contributed by atoms with van der Waals surface area (Å²) in [6.07, 6.45) is -15.1. The number of nitrogens with one attached hydrogen (secondary N) is 5. The molecule has 11 N–H and O–H groups in total. The number of urea groups is 1. The van der Waals surface area contributed by atoms with Crippen LogP contribution >= 0.6 is 0 Å². The number of ether oxygens (including phenoxy) is 7. The fraction of sp³-hybridized carbons (Fsp3) is 0.549. The Bertz CT molecular complexity index is 3670. The number of carbonyl (C=O) groups excluding carboxylic acids is 11. The van der Waals surface area contributed by atoms with Crippen LogP contribution in [-0.4, -0.2) is 207 Å². The Morgan fingerprint density at radius 1 is 0.794 bits per heavy atom. The summed E-state index contributed by atoms with van der Waals surface area (Å²) in [6.45, 7) is 13.9. The predicted molar refractivity (Wildman–Crippen MR) is 359 cm³/mol.